The molecular weight excluding hydrogens is 404 g/mol. The van der Waals surface area contributed by atoms with Crippen molar-refractivity contribution in [3.63, 3.8) is 0 Å². The van der Waals surface area contributed by atoms with Crippen molar-refractivity contribution in [2.24, 2.45) is 5.92 Å². The topological polar surface area (TPSA) is 57.3 Å². The Hall–Kier alpha value is -3.12. The molecule has 1 fully saturated rings. The van der Waals surface area contributed by atoms with Crippen LogP contribution in [0.15, 0.2) is 66.7 Å². The summed E-state index contributed by atoms with van der Waals surface area (Å²) in [5.74, 6) is 0.508. The third-order valence-electron chi connectivity index (χ3n) is 6.04. The molecular formula is C25H26N4OS. The molecule has 1 saturated heterocycles. The van der Waals surface area contributed by atoms with Crippen LogP contribution in [0.1, 0.15) is 18.4 Å². The van der Waals surface area contributed by atoms with E-state index in [2.05, 4.69) is 58.0 Å². The maximum absolute atomic E-state index is 12.3. The third kappa shape index (κ3) is 4.49. The first-order chi connectivity index (χ1) is 15.3. The van der Waals surface area contributed by atoms with Gasteiger partial charge in [-0.05, 0) is 47.2 Å². The van der Waals surface area contributed by atoms with Gasteiger partial charge in [0.2, 0.25) is 0 Å². The molecule has 4 aromatic rings. The highest BCUT2D eigenvalue weighted by atomic mass is 32.1. The number of hydrogen-bond acceptors (Lipinski definition) is 4. The molecule has 0 radical (unpaired) electrons. The number of hydrogen-bond donors (Lipinski definition) is 2. The fraction of sp³-hybridized carbons (Fsp3) is 0.280. The SMILES string of the molecule is O=C(NCc1cccc2ccccc12)NCC1CCN(c2nc3ccccc3s2)CC1. The van der Waals surface area contributed by atoms with E-state index in [1.54, 1.807) is 11.3 Å². The first-order valence-corrected chi connectivity index (χ1v) is 11.7. The van der Waals surface area contributed by atoms with Crippen LogP contribution >= 0.6 is 11.3 Å². The molecule has 0 atom stereocenters. The number of anilines is 1. The van der Waals surface area contributed by atoms with E-state index < -0.39 is 0 Å². The Morgan fingerprint density at radius 2 is 1.74 bits per heavy atom. The molecule has 2 N–H and O–H groups in total. The number of urea groups is 1. The van der Waals surface area contributed by atoms with E-state index in [4.69, 9.17) is 4.98 Å². The van der Waals surface area contributed by atoms with Crippen molar-refractivity contribution >= 4 is 43.5 Å². The molecule has 2 amide bonds. The van der Waals surface area contributed by atoms with E-state index in [1.807, 2.05) is 24.3 Å². The van der Waals surface area contributed by atoms with Crippen molar-refractivity contribution in [1.29, 1.82) is 0 Å². The van der Waals surface area contributed by atoms with Crippen LogP contribution in [0.5, 0.6) is 0 Å². The van der Waals surface area contributed by atoms with Gasteiger partial charge < -0.3 is 15.5 Å². The number of amides is 2. The summed E-state index contributed by atoms with van der Waals surface area (Å²) in [6, 6.07) is 22.7. The zero-order valence-electron chi connectivity index (χ0n) is 17.4. The predicted molar refractivity (Wildman–Crippen MR) is 129 cm³/mol. The largest absolute Gasteiger partial charge is 0.348 e. The number of para-hydroxylation sites is 1. The van der Waals surface area contributed by atoms with Gasteiger partial charge in [0.1, 0.15) is 0 Å². The maximum Gasteiger partial charge on any atom is 0.315 e. The van der Waals surface area contributed by atoms with Crippen LogP contribution in [0.2, 0.25) is 0 Å². The Kier molecular flexibility index (Phi) is 5.71. The van der Waals surface area contributed by atoms with E-state index in [1.165, 1.54) is 15.5 Å². The van der Waals surface area contributed by atoms with Crippen LogP contribution in [0, 0.1) is 5.92 Å². The van der Waals surface area contributed by atoms with Gasteiger partial charge in [0, 0.05) is 26.2 Å². The maximum atomic E-state index is 12.3. The van der Waals surface area contributed by atoms with Crippen LogP contribution < -0.4 is 15.5 Å². The number of nitrogens with one attached hydrogen (secondary N) is 2. The van der Waals surface area contributed by atoms with Crippen molar-refractivity contribution < 1.29 is 4.79 Å². The number of benzene rings is 3. The molecule has 0 spiro atoms. The zero-order valence-corrected chi connectivity index (χ0v) is 18.2. The molecule has 5 nitrogen and oxygen atoms in total. The molecule has 1 aromatic heterocycles. The zero-order chi connectivity index (χ0) is 21.0. The van der Waals surface area contributed by atoms with Crippen molar-refractivity contribution in [3.05, 3.63) is 72.3 Å². The number of carbonyl (C=O) groups excluding carboxylic acids is 1. The number of rotatable bonds is 5. The summed E-state index contributed by atoms with van der Waals surface area (Å²) < 4.78 is 1.24. The van der Waals surface area contributed by atoms with Crippen LogP contribution in [0.3, 0.4) is 0 Å². The quantitative estimate of drug-likeness (QED) is 0.459. The highest BCUT2D eigenvalue weighted by molar-refractivity contribution is 7.22. The molecule has 0 saturated carbocycles. The molecule has 5 rings (SSSR count). The summed E-state index contributed by atoms with van der Waals surface area (Å²) in [5.41, 5.74) is 2.21. The van der Waals surface area contributed by atoms with Crippen molar-refractivity contribution in [1.82, 2.24) is 15.6 Å². The fourth-order valence-electron chi connectivity index (χ4n) is 4.25. The average Bonchev–Trinajstić information content (AvgIpc) is 3.26. The highest BCUT2D eigenvalue weighted by Crippen LogP contribution is 2.31. The Morgan fingerprint density at radius 1 is 0.968 bits per heavy atom. The second-order valence-corrected chi connectivity index (χ2v) is 9.11. The first-order valence-electron chi connectivity index (χ1n) is 10.8. The summed E-state index contributed by atoms with van der Waals surface area (Å²) in [4.78, 5) is 19.5. The Balaban J connectivity index is 1.09. The summed E-state index contributed by atoms with van der Waals surface area (Å²) in [5, 5.41) is 9.57. The summed E-state index contributed by atoms with van der Waals surface area (Å²) in [6.07, 6.45) is 2.14. The van der Waals surface area contributed by atoms with E-state index in [-0.39, 0.29) is 6.03 Å². The molecule has 31 heavy (non-hydrogen) atoms. The molecule has 1 aliphatic heterocycles. The Morgan fingerprint density at radius 3 is 2.61 bits per heavy atom. The molecule has 1 aliphatic rings. The minimum atomic E-state index is -0.0958. The molecule has 0 bridgehead atoms. The van der Waals surface area contributed by atoms with Gasteiger partial charge in [-0.25, -0.2) is 9.78 Å². The van der Waals surface area contributed by atoms with Crippen molar-refractivity contribution in [3.8, 4) is 0 Å². The molecule has 6 heteroatoms. The van der Waals surface area contributed by atoms with E-state index in [0.717, 1.165) is 48.7 Å². The van der Waals surface area contributed by atoms with Gasteiger partial charge in [0.25, 0.3) is 0 Å². The van der Waals surface area contributed by atoms with Gasteiger partial charge in [-0.15, -0.1) is 0 Å². The van der Waals surface area contributed by atoms with Crippen LogP contribution in [0.4, 0.5) is 9.93 Å². The summed E-state index contributed by atoms with van der Waals surface area (Å²) in [7, 11) is 0. The smallest absolute Gasteiger partial charge is 0.315 e. The molecule has 0 aliphatic carbocycles. The first kappa shape index (κ1) is 19.8. The highest BCUT2D eigenvalue weighted by Gasteiger charge is 2.22. The van der Waals surface area contributed by atoms with Gasteiger partial charge >= 0.3 is 6.03 Å². The lowest BCUT2D eigenvalue weighted by molar-refractivity contribution is 0.237. The monoisotopic (exact) mass is 430 g/mol. The molecule has 2 heterocycles. The van der Waals surface area contributed by atoms with Gasteiger partial charge in [0.15, 0.2) is 5.13 Å². The Bertz CT molecular complexity index is 1160. The molecule has 3 aromatic carbocycles. The number of aromatic nitrogens is 1. The van der Waals surface area contributed by atoms with Gasteiger partial charge in [-0.3, -0.25) is 0 Å². The van der Waals surface area contributed by atoms with Crippen molar-refractivity contribution in [2.75, 3.05) is 24.5 Å². The van der Waals surface area contributed by atoms with Crippen LogP contribution in [0.25, 0.3) is 21.0 Å². The second-order valence-electron chi connectivity index (χ2n) is 8.10. The Labute approximate surface area is 186 Å². The fourth-order valence-corrected chi connectivity index (χ4v) is 5.26. The second kappa shape index (κ2) is 8.94. The number of piperidine rings is 1. The van der Waals surface area contributed by atoms with Crippen molar-refractivity contribution in [2.45, 2.75) is 19.4 Å². The summed E-state index contributed by atoms with van der Waals surface area (Å²) in [6.45, 7) is 3.23. The van der Waals surface area contributed by atoms with E-state index in [0.29, 0.717) is 12.5 Å². The van der Waals surface area contributed by atoms with E-state index >= 15 is 0 Å². The standard InChI is InChI=1S/C25H26N4OS/c30-24(27-17-20-8-5-7-19-6-1-2-9-21(19)20)26-16-18-12-14-29(15-13-18)25-28-22-10-3-4-11-23(22)31-25/h1-11,18H,12-17H2,(H2,26,27,30). The lowest BCUT2D eigenvalue weighted by atomic mass is 9.97. The lowest BCUT2D eigenvalue weighted by Crippen LogP contribution is -2.41. The van der Waals surface area contributed by atoms with Crippen LogP contribution in [-0.2, 0) is 6.54 Å². The third-order valence-corrected chi connectivity index (χ3v) is 7.14. The number of carbonyl (C=O) groups is 1. The minimum absolute atomic E-state index is 0.0958. The lowest BCUT2D eigenvalue weighted by Gasteiger charge is -2.31. The predicted octanol–water partition coefficient (Wildman–Crippen LogP) is 5.17. The number of fused-ring (bicyclic) bond motifs is 2. The molecule has 158 valence electrons. The van der Waals surface area contributed by atoms with Crippen LogP contribution in [-0.4, -0.2) is 30.6 Å². The molecule has 0 unspecified atom stereocenters. The van der Waals surface area contributed by atoms with Gasteiger partial charge in [-0.2, -0.15) is 0 Å². The summed E-state index contributed by atoms with van der Waals surface area (Å²) >= 11 is 1.76. The van der Waals surface area contributed by atoms with Gasteiger partial charge in [-0.1, -0.05) is 65.9 Å². The number of thiazole rings is 1. The van der Waals surface area contributed by atoms with Gasteiger partial charge in [0.05, 0.1) is 10.2 Å². The van der Waals surface area contributed by atoms with E-state index in [9.17, 15) is 4.79 Å². The average molecular weight is 431 g/mol. The minimum Gasteiger partial charge on any atom is -0.348 e. The normalized spacial score (nSPS) is 14.8. The number of nitrogens with zero attached hydrogens (tertiary/aromatic N) is 2.